The minimum absolute atomic E-state index is 0.127. The Bertz CT molecular complexity index is 602. The number of hydrogen-bond donors (Lipinski definition) is 1. The van der Waals surface area contributed by atoms with Gasteiger partial charge >= 0.3 is 0 Å². The molecule has 4 nitrogen and oxygen atoms in total. The molecular weight excluding hydrogens is 252 g/mol. The molecule has 3 rings (SSSR count). The molecule has 1 aromatic heterocycles. The lowest BCUT2D eigenvalue weighted by Crippen LogP contribution is -2.20. The van der Waals surface area contributed by atoms with E-state index in [1.807, 2.05) is 20.8 Å². The second-order valence-electron chi connectivity index (χ2n) is 4.94. The number of amides is 1. The summed E-state index contributed by atoms with van der Waals surface area (Å²) >= 11 is 0. The zero-order valence-corrected chi connectivity index (χ0v) is 12.5. The molecule has 1 aliphatic rings. The van der Waals surface area contributed by atoms with Gasteiger partial charge in [0.1, 0.15) is 5.52 Å². The predicted octanol–water partition coefficient (Wildman–Crippen LogP) is 3.16. The molecule has 2 aromatic rings. The van der Waals surface area contributed by atoms with E-state index in [2.05, 4.69) is 22.4 Å². The third-order valence-electron chi connectivity index (χ3n) is 3.43. The minimum Gasteiger partial charge on any atom is -0.441 e. The lowest BCUT2D eigenvalue weighted by Gasteiger charge is -1.96. The largest absolute Gasteiger partial charge is 0.441 e. The summed E-state index contributed by atoms with van der Waals surface area (Å²) in [4.78, 5) is 14.6. The summed E-state index contributed by atoms with van der Waals surface area (Å²) in [5.74, 6) is 0.901. The number of benzene rings is 1. The first-order valence-electron chi connectivity index (χ1n) is 7.30. The van der Waals surface area contributed by atoms with Gasteiger partial charge in [0.2, 0.25) is 5.91 Å². The van der Waals surface area contributed by atoms with Crippen molar-refractivity contribution >= 4 is 17.0 Å². The molecule has 0 aliphatic heterocycles. The van der Waals surface area contributed by atoms with Crippen molar-refractivity contribution in [2.75, 3.05) is 6.54 Å². The number of oxazole rings is 1. The van der Waals surface area contributed by atoms with Crippen LogP contribution in [0.1, 0.15) is 43.7 Å². The van der Waals surface area contributed by atoms with Gasteiger partial charge in [0.25, 0.3) is 0 Å². The summed E-state index contributed by atoms with van der Waals surface area (Å²) in [6, 6.07) is 4.25. The van der Waals surface area contributed by atoms with Crippen LogP contribution in [0.3, 0.4) is 0 Å². The Balaban J connectivity index is 0.000000182. The van der Waals surface area contributed by atoms with Crippen LogP contribution in [0.4, 0.5) is 0 Å². The van der Waals surface area contributed by atoms with Gasteiger partial charge in [-0.2, -0.15) is 0 Å². The minimum atomic E-state index is 0.127. The molecule has 1 amide bonds. The van der Waals surface area contributed by atoms with Crippen LogP contribution >= 0.6 is 0 Å². The Labute approximate surface area is 119 Å². The average molecular weight is 274 g/mol. The van der Waals surface area contributed by atoms with E-state index in [1.54, 1.807) is 0 Å². The first kappa shape index (κ1) is 14.6. The molecule has 1 aromatic carbocycles. The number of fused-ring (bicyclic) bond motifs is 3. The molecule has 0 radical (unpaired) electrons. The number of aryl methyl sites for hydroxylation is 3. The number of nitrogens with zero attached hydrogens (tertiary/aromatic N) is 1. The van der Waals surface area contributed by atoms with E-state index < -0.39 is 0 Å². The second-order valence-corrected chi connectivity index (χ2v) is 4.94. The first-order chi connectivity index (χ1) is 9.65. The molecule has 20 heavy (non-hydrogen) atoms. The van der Waals surface area contributed by atoms with Gasteiger partial charge in [-0.05, 0) is 37.8 Å². The maximum absolute atomic E-state index is 10.3. The smallest absolute Gasteiger partial charge is 0.219 e. The Morgan fingerprint density at radius 3 is 2.80 bits per heavy atom. The molecule has 0 fully saturated rings. The Morgan fingerprint density at radius 2 is 2.15 bits per heavy atom. The van der Waals surface area contributed by atoms with Crippen LogP contribution in [0.25, 0.3) is 11.1 Å². The van der Waals surface area contributed by atoms with Crippen molar-refractivity contribution in [2.24, 2.45) is 0 Å². The van der Waals surface area contributed by atoms with Crippen molar-refractivity contribution < 1.29 is 9.21 Å². The number of carbonyl (C=O) groups is 1. The number of nitrogens with one attached hydrogen (secondary N) is 1. The first-order valence-corrected chi connectivity index (χ1v) is 7.30. The van der Waals surface area contributed by atoms with Gasteiger partial charge in [-0.3, -0.25) is 4.79 Å². The van der Waals surface area contributed by atoms with Gasteiger partial charge in [0.05, 0.1) is 0 Å². The fourth-order valence-electron chi connectivity index (χ4n) is 2.48. The van der Waals surface area contributed by atoms with E-state index in [4.69, 9.17) is 4.42 Å². The molecule has 0 spiro atoms. The molecule has 1 heterocycles. The van der Waals surface area contributed by atoms with Crippen molar-refractivity contribution in [3.8, 4) is 0 Å². The molecule has 0 saturated heterocycles. The Hall–Kier alpha value is -1.84. The van der Waals surface area contributed by atoms with E-state index >= 15 is 0 Å². The van der Waals surface area contributed by atoms with Crippen molar-refractivity contribution in [1.29, 1.82) is 0 Å². The van der Waals surface area contributed by atoms with Crippen LogP contribution in [0, 0.1) is 6.92 Å². The molecule has 0 unspecified atom stereocenters. The average Bonchev–Trinajstić information content (AvgIpc) is 3.03. The van der Waals surface area contributed by atoms with Crippen LogP contribution in [0.2, 0.25) is 0 Å². The lowest BCUT2D eigenvalue weighted by atomic mass is 10.1. The normalized spacial score (nSPS) is 12.8. The number of hydrogen-bond acceptors (Lipinski definition) is 3. The van der Waals surface area contributed by atoms with Crippen LogP contribution in [-0.4, -0.2) is 17.4 Å². The lowest BCUT2D eigenvalue weighted by molar-refractivity contribution is -0.120. The second kappa shape index (κ2) is 6.55. The third-order valence-corrected chi connectivity index (χ3v) is 3.43. The van der Waals surface area contributed by atoms with Gasteiger partial charge in [-0.25, -0.2) is 4.98 Å². The maximum atomic E-state index is 10.3. The van der Waals surface area contributed by atoms with E-state index in [0.29, 0.717) is 6.42 Å². The molecule has 1 N–H and O–H groups in total. The fourth-order valence-corrected chi connectivity index (χ4v) is 2.48. The molecule has 1 aliphatic carbocycles. The summed E-state index contributed by atoms with van der Waals surface area (Å²) < 4.78 is 5.60. The zero-order valence-electron chi connectivity index (χ0n) is 12.5. The van der Waals surface area contributed by atoms with Crippen LogP contribution in [-0.2, 0) is 17.6 Å². The quantitative estimate of drug-likeness (QED) is 0.915. The standard InChI is InChI=1S/C11H11NO.C5H11NO/c1-7-12-10-6-5-8-3-2-4-9(8)11(10)13-7;1-3-5(7)6-4-2/h5-6H,2-4H2,1H3;3-4H2,1-2H3,(H,6,7). The van der Waals surface area contributed by atoms with Crippen LogP contribution in [0.5, 0.6) is 0 Å². The Morgan fingerprint density at radius 1 is 1.35 bits per heavy atom. The topological polar surface area (TPSA) is 55.1 Å². The molecule has 0 saturated carbocycles. The van der Waals surface area contributed by atoms with E-state index in [-0.39, 0.29) is 5.91 Å². The van der Waals surface area contributed by atoms with Gasteiger partial charge < -0.3 is 9.73 Å². The van der Waals surface area contributed by atoms with Crippen molar-refractivity contribution in [2.45, 2.75) is 46.5 Å². The van der Waals surface area contributed by atoms with Gasteiger partial charge in [0.15, 0.2) is 11.5 Å². The van der Waals surface area contributed by atoms with E-state index in [9.17, 15) is 4.79 Å². The monoisotopic (exact) mass is 274 g/mol. The molecule has 0 bridgehead atoms. The van der Waals surface area contributed by atoms with E-state index in [1.165, 1.54) is 24.0 Å². The van der Waals surface area contributed by atoms with Gasteiger partial charge in [0, 0.05) is 25.5 Å². The van der Waals surface area contributed by atoms with E-state index in [0.717, 1.165) is 30.0 Å². The summed E-state index contributed by atoms with van der Waals surface area (Å²) in [5.41, 5.74) is 4.87. The third kappa shape index (κ3) is 3.18. The summed E-state index contributed by atoms with van der Waals surface area (Å²) in [5, 5.41) is 2.66. The summed E-state index contributed by atoms with van der Waals surface area (Å²) in [6.07, 6.45) is 4.20. The zero-order chi connectivity index (χ0) is 14.5. The number of aromatic nitrogens is 1. The van der Waals surface area contributed by atoms with Crippen molar-refractivity contribution in [3.63, 3.8) is 0 Å². The van der Waals surface area contributed by atoms with Crippen molar-refractivity contribution in [1.82, 2.24) is 10.3 Å². The summed E-state index contributed by atoms with van der Waals surface area (Å²) in [6.45, 7) is 6.40. The van der Waals surface area contributed by atoms with Crippen LogP contribution < -0.4 is 5.32 Å². The number of carbonyl (C=O) groups excluding carboxylic acids is 1. The Kier molecular flexibility index (Phi) is 4.77. The summed E-state index contributed by atoms with van der Waals surface area (Å²) in [7, 11) is 0. The van der Waals surface area contributed by atoms with Crippen molar-refractivity contribution in [3.05, 3.63) is 29.2 Å². The highest BCUT2D eigenvalue weighted by atomic mass is 16.3. The SMILES string of the molecule is CCNC(=O)CC.Cc1nc2ccc3c(c2o1)CCC3. The predicted molar refractivity (Wildman–Crippen MR) is 79.7 cm³/mol. The highest BCUT2D eigenvalue weighted by molar-refractivity contribution is 5.78. The fraction of sp³-hybridized carbons (Fsp3) is 0.500. The van der Waals surface area contributed by atoms with Crippen LogP contribution in [0.15, 0.2) is 16.5 Å². The van der Waals surface area contributed by atoms with Gasteiger partial charge in [-0.1, -0.05) is 13.0 Å². The number of rotatable bonds is 2. The highest BCUT2D eigenvalue weighted by Gasteiger charge is 2.16. The van der Waals surface area contributed by atoms with Gasteiger partial charge in [-0.15, -0.1) is 0 Å². The molecule has 4 heteroatoms. The molecular formula is C16H22N2O2. The highest BCUT2D eigenvalue weighted by Crippen LogP contribution is 2.29. The molecule has 0 atom stereocenters. The maximum Gasteiger partial charge on any atom is 0.219 e. The molecule has 108 valence electrons.